The first-order valence-corrected chi connectivity index (χ1v) is 13.6. The average Bonchev–Trinajstić information content (AvgIpc) is 3.44. The number of fused-ring (bicyclic) bond motifs is 5. The van der Waals surface area contributed by atoms with Crippen molar-refractivity contribution >= 4 is 56.5 Å². The van der Waals surface area contributed by atoms with Gasteiger partial charge in [0.25, 0.3) is 5.56 Å². The minimum atomic E-state index is -0.379. The molecule has 0 radical (unpaired) electrons. The molecule has 0 atom stereocenters. The molecule has 0 saturated heterocycles. The molecule has 10 heteroatoms. The Morgan fingerprint density at radius 2 is 1.97 bits per heavy atom. The van der Waals surface area contributed by atoms with E-state index >= 15 is 0 Å². The fourth-order valence-electron chi connectivity index (χ4n) is 4.48. The summed E-state index contributed by atoms with van der Waals surface area (Å²) in [5, 5.41) is 10.5. The van der Waals surface area contributed by atoms with E-state index in [0.717, 1.165) is 15.3 Å². The van der Waals surface area contributed by atoms with E-state index in [1.165, 1.54) is 23.1 Å². The van der Waals surface area contributed by atoms with Gasteiger partial charge in [-0.15, -0.1) is 21.5 Å². The molecule has 36 heavy (non-hydrogen) atoms. The molecule has 0 unspecified atom stereocenters. The van der Waals surface area contributed by atoms with Gasteiger partial charge in [-0.1, -0.05) is 59.8 Å². The molecule has 6 rings (SSSR count). The molecule has 1 aliphatic heterocycles. The molecule has 7 nitrogen and oxygen atoms in total. The smallest absolute Gasteiger partial charge is 0.268 e. The molecule has 0 fully saturated rings. The third-order valence-electron chi connectivity index (χ3n) is 6.20. The highest BCUT2D eigenvalue weighted by Gasteiger charge is 2.32. The van der Waals surface area contributed by atoms with E-state index in [0.29, 0.717) is 45.6 Å². The molecule has 5 aromatic rings. The highest BCUT2D eigenvalue weighted by atomic mass is 35.5. The Hall–Kier alpha value is -2.98. The number of hydrogen-bond donors (Lipinski definition) is 0. The molecule has 4 heterocycles. The second kappa shape index (κ2) is 8.85. The number of ketones is 1. The van der Waals surface area contributed by atoms with E-state index in [4.69, 9.17) is 16.3 Å². The quantitative estimate of drug-likeness (QED) is 0.216. The molecule has 0 aliphatic carbocycles. The van der Waals surface area contributed by atoms with Gasteiger partial charge >= 0.3 is 0 Å². The van der Waals surface area contributed by atoms with Crippen LogP contribution in [0.15, 0.2) is 64.5 Å². The second-order valence-electron chi connectivity index (χ2n) is 9.23. The molecule has 2 aromatic carbocycles. The minimum absolute atomic E-state index is 0.00243. The van der Waals surface area contributed by atoms with Crippen molar-refractivity contribution in [3.05, 3.63) is 86.0 Å². The Kier molecular flexibility index (Phi) is 5.75. The lowest BCUT2D eigenvalue weighted by atomic mass is 9.94. The van der Waals surface area contributed by atoms with Gasteiger partial charge in [-0.2, -0.15) is 0 Å². The number of carbonyl (C=O) groups is 1. The van der Waals surface area contributed by atoms with E-state index in [1.807, 2.05) is 42.5 Å². The van der Waals surface area contributed by atoms with Crippen molar-refractivity contribution in [3.63, 3.8) is 0 Å². The summed E-state index contributed by atoms with van der Waals surface area (Å²) in [6, 6.07) is 16.3. The van der Waals surface area contributed by atoms with Crippen LogP contribution in [0.3, 0.4) is 0 Å². The summed E-state index contributed by atoms with van der Waals surface area (Å²) in [6.07, 6.45) is 0.621. The fourth-order valence-corrected chi connectivity index (χ4v) is 6.77. The van der Waals surface area contributed by atoms with Gasteiger partial charge in [0.2, 0.25) is 5.78 Å². The first-order chi connectivity index (χ1) is 17.3. The SMILES string of the molecule is CC1(C)Cc2c(sc3c2c(=O)n(-c2cccc(Cl)c2)c2nnc(SCC(=O)c4ccccc4)n32)CO1. The molecule has 1 aliphatic rings. The number of thioether (sulfide) groups is 1. The van der Waals surface area contributed by atoms with Crippen LogP contribution in [0.4, 0.5) is 0 Å². The maximum atomic E-state index is 14.0. The van der Waals surface area contributed by atoms with Crippen molar-refractivity contribution in [1.29, 1.82) is 0 Å². The van der Waals surface area contributed by atoms with Crippen LogP contribution in [0.5, 0.6) is 0 Å². The fraction of sp³-hybridized carbons (Fsp3) is 0.231. The summed E-state index contributed by atoms with van der Waals surface area (Å²) in [5.41, 5.74) is 1.70. The van der Waals surface area contributed by atoms with Crippen molar-refractivity contribution < 1.29 is 9.53 Å². The summed E-state index contributed by atoms with van der Waals surface area (Å²) in [7, 11) is 0. The van der Waals surface area contributed by atoms with E-state index in [9.17, 15) is 9.59 Å². The molecule has 0 bridgehead atoms. The number of thiophene rings is 1. The minimum Gasteiger partial charge on any atom is -0.370 e. The lowest BCUT2D eigenvalue weighted by Crippen LogP contribution is -2.32. The third kappa shape index (κ3) is 3.96. The molecule has 0 amide bonds. The number of benzene rings is 2. The third-order valence-corrected chi connectivity index (χ3v) is 8.55. The summed E-state index contributed by atoms with van der Waals surface area (Å²) >= 11 is 9.11. The zero-order valence-electron chi connectivity index (χ0n) is 19.5. The molecule has 0 N–H and O–H groups in total. The highest BCUT2D eigenvalue weighted by Crippen LogP contribution is 2.39. The Labute approximate surface area is 219 Å². The maximum Gasteiger partial charge on any atom is 0.268 e. The van der Waals surface area contributed by atoms with E-state index in [1.54, 1.807) is 34.9 Å². The Balaban J connectivity index is 1.56. The number of rotatable bonds is 5. The number of aromatic nitrogens is 4. The number of hydrogen-bond acceptors (Lipinski definition) is 7. The zero-order chi connectivity index (χ0) is 25.0. The van der Waals surface area contributed by atoms with Crippen molar-refractivity contribution in [2.45, 2.75) is 37.6 Å². The lowest BCUT2D eigenvalue weighted by Gasteiger charge is -2.29. The lowest BCUT2D eigenvalue weighted by molar-refractivity contribution is -0.0379. The van der Waals surface area contributed by atoms with Crippen LogP contribution in [0.1, 0.15) is 34.6 Å². The summed E-state index contributed by atoms with van der Waals surface area (Å²) < 4.78 is 9.48. The number of ether oxygens (including phenoxy) is 1. The summed E-state index contributed by atoms with van der Waals surface area (Å²) in [6.45, 7) is 4.50. The molecular weight excluding hydrogens is 516 g/mol. The van der Waals surface area contributed by atoms with Gasteiger partial charge in [0, 0.05) is 21.9 Å². The van der Waals surface area contributed by atoms with Gasteiger partial charge in [-0.25, -0.2) is 8.97 Å². The Bertz CT molecular complexity index is 1710. The average molecular weight is 537 g/mol. The van der Waals surface area contributed by atoms with Crippen LogP contribution in [-0.2, 0) is 17.8 Å². The second-order valence-corrected chi connectivity index (χ2v) is 11.7. The number of carbonyl (C=O) groups excluding carboxylic acids is 1. The predicted molar refractivity (Wildman–Crippen MR) is 143 cm³/mol. The number of halogens is 1. The molecule has 3 aromatic heterocycles. The van der Waals surface area contributed by atoms with E-state index in [2.05, 4.69) is 10.2 Å². The van der Waals surface area contributed by atoms with Crippen molar-refractivity contribution in [2.24, 2.45) is 0 Å². The first kappa shape index (κ1) is 23.4. The molecular formula is C26H21ClN4O3S2. The molecule has 0 saturated carbocycles. The molecule has 0 spiro atoms. The topological polar surface area (TPSA) is 78.5 Å². The van der Waals surface area contributed by atoms with Gasteiger partial charge in [-0.3, -0.25) is 9.59 Å². The number of Topliss-reactive ketones (excluding diaryl/α,β-unsaturated/α-hetero) is 1. The van der Waals surface area contributed by atoms with Gasteiger partial charge < -0.3 is 4.74 Å². The summed E-state index contributed by atoms with van der Waals surface area (Å²) in [4.78, 5) is 28.6. The van der Waals surface area contributed by atoms with Crippen molar-refractivity contribution in [2.75, 3.05) is 5.75 Å². The van der Waals surface area contributed by atoms with Crippen LogP contribution >= 0.6 is 34.7 Å². The van der Waals surface area contributed by atoms with Gasteiger partial charge in [0.15, 0.2) is 10.9 Å². The van der Waals surface area contributed by atoms with E-state index in [-0.39, 0.29) is 22.7 Å². The summed E-state index contributed by atoms with van der Waals surface area (Å²) in [5.74, 6) is 0.574. The van der Waals surface area contributed by atoms with Crippen LogP contribution in [0, 0.1) is 0 Å². The predicted octanol–water partition coefficient (Wildman–Crippen LogP) is 5.57. The van der Waals surface area contributed by atoms with Gasteiger partial charge in [-0.05, 0) is 37.6 Å². The zero-order valence-corrected chi connectivity index (χ0v) is 21.9. The van der Waals surface area contributed by atoms with Crippen LogP contribution in [-0.4, -0.2) is 36.3 Å². The standard InChI is InChI=1S/C26H21ClN4O3S2/c1-26(2)12-18-20(13-34-26)36-23-21(18)22(33)30(17-10-6-9-16(27)11-17)24-28-29-25(31(23)24)35-14-19(32)15-7-4-3-5-8-15/h3-11H,12-14H2,1-2H3. The van der Waals surface area contributed by atoms with Crippen molar-refractivity contribution in [3.8, 4) is 5.69 Å². The monoisotopic (exact) mass is 536 g/mol. The maximum absolute atomic E-state index is 14.0. The Morgan fingerprint density at radius 1 is 1.17 bits per heavy atom. The Morgan fingerprint density at radius 3 is 2.75 bits per heavy atom. The van der Waals surface area contributed by atoms with Gasteiger partial charge in [0.05, 0.1) is 29.0 Å². The van der Waals surface area contributed by atoms with Crippen LogP contribution in [0.2, 0.25) is 5.02 Å². The van der Waals surface area contributed by atoms with Crippen LogP contribution in [0.25, 0.3) is 21.7 Å². The molecule has 182 valence electrons. The van der Waals surface area contributed by atoms with E-state index < -0.39 is 0 Å². The largest absolute Gasteiger partial charge is 0.370 e. The van der Waals surface area contributed by atoms with Gasteiger partial charge in [0.1, 0.15) is 4.83 Å². The highest BCUT2D eigenvalue weighted by molar-refractivity contribution is 7.99. The van der Waals surface area contributed by atoms with Crippen molar-refractivity contribution in [1.82, 2.24) is 19.2 Å². The number of nitrogens with zero attached hydrogens (tertiary/aromatic N) is 4. The normalized spacial score (nSPS) is 14.9. The first-order valence-electron chi connectivity index (χ1n) is 11.4. The van der Waals surface area contributed by atoms with Crippen LogP contribution < -0.4 is 5.56 Å².